The summed E-state index contributed by atoms with van der Waals surface area (Å²) in [6.45, 7) is 4.14. The first-order chi connectivity index (χ1) is 8.47. The average molecular weight is 262 g/mol. The largest absolute Gasteiger partial charge is 0.396 e. The van der Waals surface area contributed by atoms with Gasteiger partial charge in [-0.1, -0.05) is 17.7 Å². The molecular formula is C14H16ClN3. The van der Waals surface area contributed by atoms with Crippen LogP contribution in [0.2, 0.25) is 5.02 Å². The van der Waals surface area contributed by atoms with Crippen LogP contribution in [0.15, 0.2) is 30.5 Å². The van der Waals surface area contributed by atoms with Crippen LogP contribution in [-0.2, 0) is 0 Å². The molecule has 0 fully saturated rings. The van der Waals surface area contributed by atoms with Crippen molar-refractivity contribution in [3.63, 3.8) is 0 Å². The first-order valence-corrected chi connectivity index (χ1v) is 6.08. The minimum atomic E-state index is 0.546. The maximum Gasteiger partial charge on any atom is 0.156 e. The lowest BCUT2D eigenvalue weighted by molar-refractivity contribution is 1.12. The van der Waals surface area contributed by atoms with Crippen LogP contribution < -0.4 is 10.6 Å². The number of benzene rings is 1. The van der Waals surface area contributed by atoms with Crippen LogP contribution >= 0.6 is 11.6 Å². The first-order valence-electron chi connectivity index (χ1n) is 5.70. The van der Waals surface area contributed by atoms with E-state index in [0.29, 0.717) is 16.5 Å². The number of hydrogen-bond donors (Lipinski definition) is 1. The molecule has 0 bridgehead atoms. The maximum atomic E-state index is 5.95. The van der Waals surface area contributed by atoms with Crippen molar-refractivity contribution in [2.24, 2.45) is 0 Å². The minimum Gasteiger partial charge on any atom is -0.396 e. The van der Waals surface area contributed by atoms with Crippen molar-refractivity contribution in [3.05, 3.63) is 46.6 Å². The van der Waals surface area contributed by atoms with Gasteiger partial charge in [-0.2, -0.15) is 0 Å². The van der Waals surface area contributed by atoms with Crippen molar-refractivity contribution in [1.29, 1.82) is 0 Å². The average Bonchev–Trinajstić information content (AvgIpc) is 2.26. The Hall–Kier alpha value is -1.74. The summed E-state index contributed by atoms with van der Waals surface area (Å²) in [6, 6.07) is 8.05. The second-order valence-electron chi connectivity index (χ2n) is 4.47. The summed E-state index contributed by atoms with van der Waals surface area (Å²) in [6.07, 6.45) is 1.60. The van der Waals surface area contributed by atoms with Crippen molar-refractivity contribution in [2.75, 3.05) is 17.7 Å². The third kappa shape index (κ3) is 2.57. The van der Waals surface area contributed by atoms with E-state index < -0.39 is 0 Å². The Morgan fingerprint density at radius 3 is 2.28 bits per heavy atom. The van der Waals surface area contributed by atoms with Crippen LogP contribution in [-0.4, -0.2) is 12.0 Å². The second kappa shape index (κ2) is 4.86. The molecule has 1 aromatic carbocycles. The summed E-state index contributed by atoms with van der Waals surface area (Å²) in [4.78, 5) is 6.25. The van der Waals surface area contributed by atoms with Crippen molar-refractivity contribution in [3.8, 4) is 0 Å². The van der Waals surface area contributed by atoms with Gasteiger partial charge >= 0.3 is 0 Å². The number of nitrogen functional groups attached to an aromatic ring is 1. The molecule has 0 saturated carbocycles. The van der Waals surface area contributed by atoms with Crippen LogP contribution in [0.3, 0.4) is 0 Å². The number of anilines is 3. The molecule has 2 rings (SSSR count). The Morgan fingerprint density at radius 2 is 1.72 bits per heavy atom. The quantitative estimate of drug-likeness (QED) is 0.896. The SMILES string of the molecule is Cc1cc(C)cc(N(C)c2ncc(Cl)cc2N)c1. The Labute approximate surface area is 112 Å². The maximum absolute atomic E-state index is 5.95. The fraction of sp³-hybridized carbons (Fsp3) is 0.214. The van der Waals surface area contributed by atoms with E-state index >= 15 is 0 Å². The summed E-state index contributed by atoms with van der Waals surface area (Å²) in [5, 5.41) is 0.546. The van der Waals surface area contributed by atoms with Crippen molar-refractivity contribution in [2.45, 2.75) is 13.8 Å². The molecule has 0 aliphatic rings. The highest BCUT2D eigenvalue weighted by molar-refractivity contribution is 6.30. The highest BCUT2D eigenvalue weighted by Gasteiger charge is 2.10. The number of pyridine rings is 1. The second-order valence-corrected chi connectivity index (χ2v) is 4.91. The molecule has 94 valence electrons. The number of aryl methyl sites for hydroxylation is 2. The molecule has 0 radical (unpaired) electrons. The number of hydrogen-bond acceptors (Lipinski definition) is 3. The Bertz CT molecular complexity index is 561. The van der Waals surface area contributed by atoms with Gasteiger partial charge in [0.25, 0.3) is 0 Å². The molecule has 1 heterocycles. The number of halogens is 1. The van der Waals surface area contributed by atoms with Gasteiger partial charge in [0.15, 0.2) is 5.82 Å². The number of rotatable bonds is 2. The van der Waals surface area contributed by atoms with Crippen molar-refractivity contribution in [1.82, 2.24) is 4.98 Å². The summed E-state index contributed by atoms with van der Waals surface area (Å²) in [5.74, 6) is 0.712. The van der Waals surface area contributed by atoms with E-state index in [2.05, 4.69) is 37.0 Å². The van der Waals surface area contributed by atoms with Gasteiger partial charge in [0, 0.05) is 18.9 Å². The Kier molecular flexibility index (Phi) is 3.43. The molecule has 0 atom stereocenters. The lowest BCUT2D eigenvalue weighted by atomic mass is 10.1. The number of nitrogens with two attached hydrogens (primary N) is 1. The zero-order chi connectivity index (χ0) is 13.3. The summed E-state index contributed by atoms with van der Waals surface area (Å²) >= 11 is 5.86. The molecular weight excluding hydrogens is 246 g/mol. The smallest absolute Gasteiger partial charge is 0.156 e. The summed E-state index contributed by atoms with van der Waals surface area (Å²) in [7, 11) is 1.95. The molecule has 0 aliphatic heterocycles. The standard InChI is InChI=1S/C14H16ClN3/c1-9-4-10(2)6-12(5-9)18(3)14-13(16)7-11(15)8-17-14/h4-8H,16H2,1-3H3. The van der Waals surface area contributed by atoms with Gasteiger partial charge in [0.05, 0.1) is 10.7 Å². The van der Waals surface area contributed by atoms with Crippen LogP contribution in [0, 0.1) is 13.8 Å². The van der Waals surface area contributed by atoms with Crippen LogP contribution in [0.1, 0.15) is 11.1 Å². The molecule has 0 saturated heterocycles. The monoisotopic (exact) mass is 261 g/mol. The van der Waals surface area contributed by atoms with Gasteiger partial charge in [-0.3, -0.25) is 0 Å². The Morgan fingerprint density at radius 1 is 1.11 bits per heavy atom. The lowest BCUT2D eigenvalue weighted by Crippen LogP contribution is -2.13. The molecule has 18 heavy (non-hydrogen) atoms. The molecule has 0 amide bonds. The van der Waals surface area contributed by atoms with E-state index in [4.69, 9.17) is 17.3 Å². The highest BCUT2D eigenvalue weighted by Crippen LogP contribution is 2.29. The van der Waals surface area contributed by atoms with E-state index in [1.165, 1.54) is 11.1 Å². The topological polar surface area (TPSA) is 42.2 Å². The van der Waals surface area contributed by atoms with E-state index in [0.717, 1.165) is 5.69 Å². The third-order valence-electron chi connectivity index (χ3n) is 2.77. The zero-order valence-electron chi connectivity index (χ0n) is 10.7. The van der Waals surface area contributed by atoms with Crippen molar-refractivity contribution >= 4 is 28.8 Å². The number of aromatic nitrogens is 1. The molecule has 0 spiro atoms. The van der Waals surface area contributed by atoms with Gasteiger partial charge in [-0.15, -0.1) is 0 Å². The summed E-state index contributed by atoms with van der Waals surface area (Å²) in [5.41, 5.74) is 10.0. The first kappa shape index (κ1) is 12.7. The third-order valence-corrected chi connectivity index (χ3v) is 2.98. The van der Waals surface area contributed by atoms with Gasteiger partial charge in [0.2, 0.25) is 0 Å². The minimum absolute atomic E-state index is 0.546. The molecule has 0 unspecified atom stereocenters. The van der Waals surface area contributed by atoms with Crippen LogP contribution in [0.4, 0.5) is 17.2 Å². The number of nitrogens with zero attached hydrogens (tertiary/aromatic N) is 2. The lowest BCUT2D eigenvalue weighted by Gasteiger charge is -2.21. The zero-order valence-corrected chi connectivity index (χ0v) is 11.5. The highest BCUT2D eigenvalue weighted by atomic mass is 35.5. The summed E-state index contributed by atoms with van der Waals surface area (Å²) < 4.78 is 0. The van der Waals surface area contributed by atoms with Crippen LogP contribution in [0.5, 0.6) is 0 Å². The van der Waals surface area contributed by atoms with E-state index in [-0.39, 0.29) is 0 Å². The van der Waals surface area contributed by atoms with E-state index in [1.807, 2.05) is 11.9 Å². The molecule has 3 nitrogen and oxygen atoms in total. The molecule has 1 aromatic heterocycles. The fourth-order valence-electron chi connectivity index (χ4n) is 1.99. The van der Waals surface area contributed by atoms with Crippen molar-refractivity contribution < 1.29 is 0 Å². The Balaban J connectivity index is 2.44. The molecule has 2 aromatic rings. The predicted molar refractivity (Wildman–Crippen MR) is 77.6 cm³/mol. The van der Waals surface area contributed by atoms with Gasteiger partial charge in [-0.25, -0.2) is 4.98 Å². The van der Waals surface area contributed by atoms with Gasteiger partial charge in [0.1, 0.15) is 0 Å². The normalized spacial score (nSPS) is 10.4. The predicted octanol–water partition coefficient (Wildman–Crippen LogP) is 3.70. The van der Waals surface area contributed by atoms with E-state index in [1.54, 1.807) is 12.3 Å². The molecule has 2 N–H and O–H groups in total. The fourth-order valence-corrected chi connectivity index (χ4v) is 2.16. The van der Waals surface area contributed by atoms with Gasteiger partial charge < -0.3 is 10.6 Å². The van der Waals surface area contributed by atoms with Crippen LogP contribution in [0.25, 0.3) is 0 Å². The molecule has 0 aliphatic carbocycles. The molecule has 4 heteroatoms. The van der Waals surface area contributed by atoms with Gasteiger partial charge in [-0.05, 0) is 43.2 Å². The van der Waals surface area contributed by atoms with E-state index in [9.17, 15) is 0 Å².